The Kier molecular flexibility index (Phi) is 6.68. The second kappa shape index (κ2) is 8.26. The van der Waals surface area contributed by atoms with Crippen LogP contribution in [0, 0.1) is 10.1 Å². The van der Waals surface area contributed by atoms with E-state index >= 15 is 0 Å². The van der Waals surface area contributed by atoms with Gasteiger partial charge in [-0.05, 0) is 24.1 Å². The van der Waals surface area contributed by atoms with Gasteiger partial charge >= 0.3 is 5.97 Å². The molecule has 0 bridgehead atoms. The average Bonchev–Trinajstić information content (AvgIpc) is 2.48. The van der Waals surface area contributed by atoms with Gasteiger partial charge in [-0.25, -0.2) is 4.79 Å². The second-order valence-corrected chi connectivity index (χ2v) is 4.47. The minimum absolute atomic E-state index is 0. The molecular weight excluding hydrogens is 352 g/mol. The summed E-state index contributed by atoms with van der Waals surface area (Å²) in [5.41, 5.74) is 6.66. The maximum atomic E-state index is 11.9. The molecule has 2 aromatic rings. The highest BCUT2D eigenvalue weighted by molar-refractivity contribution is 8.93. The molecular formula is C15H15BrN2O4. The maximum absolute atomic E-state index is 11.9. The van der Waals surface area contributed by atoms with Gasteiger partial charge in [-0.1, -0.05) is 30.3 Å². The number of benzene rings is 2. The van der Waals surface area contributed by atoms with Crippen molar-refractivity contribution in [3.05, 3.63) is 70.3 Å². The Morgan fingerprint density at radius 2 is 1.73 bits per heavy atom. The monoisotopic (exact) mass is 366 g/mol. The number of carbonyl (C=O) groups is 1. The first-order chi connectivity index (χ1) is 10.1. The van der Waals surface area contributed by atoms with Crippen molar-refractivity contribution in [1.82, 2.24) is 0 Å². The summed E-state index contributed by atoms with van der Waals surface area (Å²) in [6, 6.07) is 13.8. The summed E-state index contributed by atoms with van der Waals surface area (Å²) in [6.07, 6.45) is 0.368. The molecule has 0 aliphatic rings. The van der Waals surface area contributed by atoms with E-state index in [0.29, 0.717) is 6.42 Å². The van der Waals surface area contributed by atoms with E-state index in [1.807, 2.05) is 30.3 Å². The summed E-state index contributed by atoms with van der Waals surface area (Å²) in [6.45, 7) is 0. The number of hydrogen-bond acceptors (Lipinski definition) is 5. The first-order valence-corrected chi connectivity index (χ1v) is 6.32. The van der Waals surface area contributed by atoms with Crippen LogP contribution in [0.3, 0.4) is 0 Å². The van der Waals surface area contributed by atoms with Gasteiger partial charge in [-0.15, -0.1) is 17.0 Å². The third-order valence-electron chi connectivity index (χ3n) is 2.87. The highest BCUT2D eigenvalue weighted by atomic mass is 79.9. The summed E-state index contributed by atoms with van der Waals surface area (Å²) >= 11 is 0. The standard InChI is InChI=1S/C15H14N2O4.BrH/c16-14(10-11-4-2-1-3-5-11)15(18)21-13-8-6-12(7-9-13)17(19)20;/h1-9,14H,10,16H2;1H. The molecule has 0 saturated heterocycles. The van der Waals surface area contributed by atoms with E-state index in [-0.39, 0.29) is 28.4 Å². The average molecular weight is 367 g/mol. The lowest BCUT2D eigenvalue weighted by atomic mass is 10.1. The smallest absolute Gasteiger partial charge is 0.328 e. The fourth-order valence-electron chi connectivity index (χ4n) is 1.78. The number of carbonyl (C=O) groups excluding carboxylic acids is 1. The number of halogens is 1. The van der Waals surface area contributed by atoms with Gasteiger partial charge in [-0.3, -0.25) is 10.1 Å². The molecule has 0 radical (unpaired) electrons. The number of rotatable bonds is 5. The lowest BCUT2D eigenvalue weighted by Gasteiger charge is -2.11. The maximum Gasteiger partial charge on any atom is 0.328 e. The summed E-state index contributed by atoms with van der Waals surface area (Å²) in [5, 5.41) is 10.5. The topological polar surface area (TPSA) is 95.5 Å². The van der Waals surface area contributed by atoms with Crippen molar-refractivity contribution in [2.45, 2.75) is 12.5 Å². The van der Waals surface area contributed by atoms with Crippen molar-refractivity contribution in [3.8, 4) is 5.75 Å². The first-order valence-electron chi connectivity index (χ1n) is 6.32. The zero-order valence-corrected chi connectivity index (χ0v) is 13.3. The molecule has 0 amide bonds. The number of ether oxygens (including phenoxy) is 1. The van der Waals surface area contributed by atoms with Crippen molar-refractivity contribution >= 4 is 28.6 Å². The van der Waals surface area contributed by atoms with Gasteiger partial charge in [-0.2, -0.15) is 0 Å². The van der Waals surface area contributed by atoms with Crippen LogP contribution in [0.25, 0.3) is 0 Å². The molecule has 22 heavy (non-hydrogen) atoms. The number of nitrogens with zero attached hydrogens (tertiary/aromatic N) is 1. The van der Waals surface area contributed by atoms with E-state index in [4.69, 9.17) is 10.5 Å². The minimum atomic E-state index is -0.789. The molecule has 0 heterocycles. The van der Waals surface area contributed by atoms with Crippen LogP contribution >= 0.6 is 17.0 Å². The molecule has 1 unspecified atom stereocenters. The van der Waals surface area contributed by atoms with Gasteiger partial charge in [0.25, 0.3) is 5.69 Å². The molecule has 0 spiro atoms. The molecule has 0 saturated carbocycles. The van der Waals surface area contributed by atoms with E-state index < -0.39 is 16.9 Å². The van der Waals surface area contributed by atoms with Gasteiger partial charge in [0.2, 0.25) is 0 Å². The van der Waals surface area contributed by atoms with E-state index in [1.165, 1.54) is 24.3 Å². The Hall–Kier alpha value is -2.25. The van der Waals surface area contributed by atoms with Crippen LogP contribution in [-0.4, -0.2) is 16.9 Å². The summed E-state index contributed by atoms with van der Waals surface area (Å²) in [5.74, 6) is -0.346. The third-order valence-corrected chi connectivity index (χ3v) is 2.87. The molecule has 0 aliphatic carbocycles. The lowest BCUT2D eigenvalue weighted by molar-refractivity contribution is -0.384. The predicted molar refractivity (Wildman–Crippen MR) is 87.2 cm³/mol. The lowest BCUT2D eigenvalue weighted by Crippen LogP contribution is -2.36. The number of hydrogen-bond donors (Lipinski definition) is 1. The number of esters is 1. The highest BCUT2D eigenvalue weighted by Gasteiger charge is 2.17. The van der Waals surface area contributed by atoms with Crippen LogP contribution in [-0.2, 0) is 11.2 Å². The molecule has 1 atom stereocenters. The zero-order valence-electron chi connectivity index (χ0n) is 11.5. The van der Waals surface area contributed by atoms with Crippen LogP contribution in [0.4, 0.5) is 5.69 Å². The summed E-state index contributed by atoms with van der Waals surface area (Å²) in [4.78, 5) is 21.9. The normalized spacial score (nSPS) is 11.1. The Morgan fingerprint density at radius 3 is 2.27 bits per heavy atom. The second-order valence-electron chi connectivity index (χ2n) is 4.47. The molecule has 2 aromatic carbocycles. The molecule has 0 fully saturated rings. The van der Waals surface area contributed by atoms with Crippen molar-refractivity contribution in [1.29, 1.82) is 0 Å². The van der Waals surface area contributed by atoms with Crippen LogP contribution in [0.2, 0.25) is 0 Å². The molecule has 0 aromatic heterocycles. The third kappa shape index (κ3) is 4.94. The summed E-state index contributed by atoms with van der Waals surface area (Å²) in [7, 11) is 0. The highest BCUT2D eigenvalue weighted by Crippen LogP contribution is 2.17. The van der Waals surface area contributed by atoms with E-state index in [1.54, 1.807) is 0 Å². The first kappa shape index (κ1) is 17.8. The van der Waals surface area contributed by atoms with Crippen molar-refractivity contribution in [2.24, 2.45) is 5.73 Å². The van der Waals surface area contributed by atoms with E-state index in [9.17, 15) is 14.9 Å². The molecule has 6 nitrogen and oxygen atoms in total. The number of non-ortho nitro benzene ring substituents is 1. The Labute approximate surface area is 137 Å². The Morgan fingerprint density at radius 1 is 1.14 bits per heavy atom. The molecule has 0 aliphatic heterocycles. The Balaban J connectivity index is 0.00000242. The number of nitro benzene ring substituents is 1. The fraction of sp³-hybridized carbons (Fsp3) is 0.133. The van der Waals surface area contributed by atoms with E-state index in [0.717, 1.165) is 5.56 Å². The van der Waals surface area contributed by atoms with Gasteiger partial charge in [0.05, 0.1) is 4.92 Å². The van der Waals surface area contributed by atoms with Crippen molar-refractivity contribution in [2.75, 3.05) is 0 Å². The van der Waals surface area contributed by atoms with Gasteiger partial charge in [0, 0.05) is 12.1 Å². The van der Waals surface area contributed by atoms with Crippen LogP contribution < -0.4 is 10.5 Å². The zero-order chi connectivity index (χ0) is 15.2. The SMILES string of the molecule is Br.NC(Cc1ccccc1)C(=O)Oc1ccc([N+](=O)[O-])cc1. The van der Waals surface area contributed by atoms with Crippen molar-refractivity contribution in [3.63, 3.8) is 0 Å². The minimum Gasteiger partial charge on any atom is -0.425 e. The number of nitro groups is 1. The van der Waals surface area contributed by atoms with Gasteiger partial charge in [0.1, 0.15) is 11.8 Å². The molecule has 116 valence electrons. The Bertz CT molecular complexity index is 632. The van der Waals surface area contributed by atoms with E-state index in [2.05, 4.69) is 0 Å². The van der Waals surface area contributed by atoms with Gasteiger partial charge in [0.15, 0.2) is 0 Å². The van der Waals surface area contributed by atoms with Crippen LogP contribution in [0.15, 0.2) is 54.6 Å². The number of nitrogens with two attached hydrogens (primary N) is 1. The largest absolute Gasteiger partial charge is 0.425 e. The fourth-order valence-corrected chi connectivity index (χ4v) is 1.78. The quantitative estimate of drug-likeness (QED) is 0.379. The molecule has 2 N–H and O–H groups in total. The van der Waals surface area contributed by atoms with Gasteiger partial charge < -0.3 is 10.5 Å². The molecule has 2 rings (SSSR count). The predicted octanol–water partition coefficient (Wildman–Crippen LogP) is 2.65. The van der Waals surface area contributed by atoms with Crippen LogP contribution in [0.1, 0.15) is 5.56 Å². The summed E-state index contributed by atoms with van der Waals surface area (Å²) < 4.78 is 5.10. The molecule has 7 heteroatoms. The van der Waals surface area contributed by atoms with Crippen LogP contribution in [0.5, 0.6) is 5.75 Å². The van der Waals surface area contributed by atoms with Crippen molar-refractivity contribution < 1.29 is 14.5 Å².